The lowest BCUT2D eigenvalue weighted by Crippen LogP contribution is -2.40. The Morgan fingerprint density at radius 2 is 1.65 bits per heavy atom. The highest BCUT2D eigenvalue weighted by Gasteiger charge is 2.28. The molecule has 1 amide bonds. The van der Waals surface area contributed by atoms with Crippen molar-refractivity contribution in [3.8, 4) is 17.2 Å². The second-order valence-electron chi connectivity index (χ2n) is 14.2. The molecule has 0 spiro atoms. The van der Waals surface area contributed by atoms with Crippen molar-refractivity contribution >= 4 is 40.1 Å². The van der Waals surface area contributed by atoms with Gasteiger partial charge in [-0.25, -0.2) is 9.67 Å². The molecule has 0 aliphatic carbocycles. The minimum absolute atomic E-state index is 0.161. The van der Waals surface area contributed by atoms with Crippen molar-refractivity contribution in [1.82, 2.24) is 34.9 Å². The number of carbonyl (C=O) groups is 1. The van der Waals surface area contributed by atoms with Crippen molar-refractivity contribution in [2.24, 2.45) is 0 Å². The third-order valence-electron chi connectivity index (χ3n) is 8.73. The van der Waals surface area contributed by atoms with E-state index in [1.165, 1.54) is 32.1 Å². The van der Waals surface area contributed by atoms with Crippen molar-refractivity contribution in [1.29, 1.82) is 0 Å². The van der Waals surface area contributed by atoms with Crippen LogP contribution in [0.4, 0.5) is 5.69 Å². The fourth-order valence-corrected chi connectivity index (χ4v) is 6.59. The molecule has 2 aromatic carbocycles. The topological polar surface area (TPSA) is 140 Å². The van der Waals surface area contributed by atoms with Gasteiger partial charge in [-0.05, 0) is 67.4 Å². The van der Waals surface area contributed by atoms with Gasteiger partial charge in [-0.15, -0.1) is 5.10 Å². The maximum atomic E-state index is 13.6. The lowest BCUT2D eigenvalue weighted by molar-refractivity contribution is -0.128. The van der Waals surface area contributed by atoms with Gasteiger partial charge in [0.2, 0.25) is 5.65 Å². The van der Waals surface area contributed by atoms with Crippen LogP contribution >= 0.6 is 11.6 Å². The zero-order chi connectivity index (χ0) is 37.1. The Morgan fingerprint density at radius 1 is 0.981 bits per heavy atom. The molecule has 5 rings (SSSR count). The molecule has 0 saturated heterocycles. The number of unbranched alkanes of at least 4 members (excludes halogenated alkanes) is 7. The van der Waals surface area contributed by atoms with Crippen molar-refractivity contribution in [2.75, 3.05) is 11.3 Å². The van der Waals surface area contributed by atoms with Gasteiger partial charge in [0.1, 0.15) is 17.2 Å². The Bertz CT molecular complexity index is 1870. The lowest BCUT2D eigenvalue weighted by Gasteiger charge is -2.20. The molecule has 14 heteroatoms. The molecule has 0 fully saturated rings. The fourth-order valence-electron chi connectivity index (χ4n) is 5.81. The number of nitrogens with one attached hydrogen (secondary N) is 3. The molecule has 52 heavy (non-hydrogen) atoms. The van der Waals surface area contributed by atoms with Crippen molar-refractivity contribution < 1.29 is 17.9 Å². The van der Waals surface area contributed by atoms with Gasteiger partial charge in [0, 0.05) is 41.0 Å². The van der Waals surface area contributed by atoms with Gasteiger partial charge in [0.25, 0.3) is 5.91 Å². The van der Waals surface area contributed by atoms with E-state index in [2.05, 4.69) is 47.9 Å². The highest BCUT2D eigenvalue weighted by Crippen LogP contribution is 2.30. The zero-order valence-corrected chi connectivity index (χ0v) is 32.3. The van der Waals surface area contributed by atoms with E-state index >= 15 is 0 Å². The molecular weight excluding hydrogens is 700 g/mol. The molecule has 0 saturated carbocycles. The molecule has 3 aromatic heterocycles. The summed E-state index contributed by atoms with van der Waals surface area (Å²) in [5.74, 6) is 1.22. The Kier molecular flexibility index (Phi) is 13.8. The first-order chi connectivity index (χ1) is 25.0. The Hall–Kier alpha value is -4.36. The second kappa shape index (κ2) is 18.4. The van der Waals surface area contributed by atoms with Crippen LogP contribution in [0.5, 0.6) is 11.5 Å². The van der Waals surface area contributed by atoms with Crippen molar-refractivity contribution in [3.63, 3.8) is 0 Å². The number of rotatable bonds is 20. The summed E-state index contributed by atoms with van der Waals surface area (Å²) < 4.78 is 30.5. The summed E-state index contributed by atoms with van der Waals surface area (Å²) >= 11 is 4.10. The highest BCUT2D eigenvalue weighted by molar-refractivity contribution is 7.81. The van der Waals surface area contributed by atoms with E-state index in [0.29, 0.717) is 46.6 Å². The molecule has 3 unspecified atom stereocenters. The van der Waals surface area contributed by atoms with Crippen LogP contribution in [-0.2, 0) is 21.5 Å². The predicted octanol–water partition coefficient (Wildman–Crippen LogP) is 8.46. The van der Waals surface area contributed by atoms with Crippen molar-refractivity contribution in [2.45, 2.75) is 110 Å². The van der Waals surface area contributed by atoms with Gasteiger partial charge in [-0.3, -0.25) is 14.6 Å². The number of benzene rings is 2. The number of carbonyl (C=O) groups excluding carboxylic acids is 1. The molecule has 0 bridgehead atoms. The van der Waals surface area contributed by atoms with Crippen LogP contribution in [0.2, 0.25) is 5.02 Å². The number of anilines is 1. The average Bonchev–Trinajstić information content (AvgIpc) is 3.87. The number of ether oxygens (including phenoxy) is 1. The maximum absolute atomic E-state index is 13.6. The highest BCUT2D eigenvalue weighted by atomic mass is 35.5. The quantitative estimate of drug-likeness (QED) is 0.0678. The molecule has 3 atom stereocenters. The van der Waals surface area contributed by atoms with Crippen LogP contribution in [0.15, 0.2) is 67.0 Å². The van der Waals surface area contributed by atoms with E-state index in [4.69, 9.17) is 30.6 Å². The third kappa shape index (κ3) is 10.8. The fraction of sp³-hybridized carbons (Fsp3) is 0.474. The number of hydrogen-bond acceptors (Lipinski definition) is 7. The van der Waals surface area contributed by atoms with Crippen LogP contribution in [0.25, 0.3) is 11.3 Å². The molecule has 3 N–H and O–H groups in total. The predicted molar refractivity (Wildman–Crippen MR) is 207 cm³/mol. The standard InChI is InChI=1S/C38H51ClN8O4S/c1-6-7-8-9-10-11-12-13-15-32(50-30-22-18-29(19-23-30)45-52(49)51-31-20-16-28(39)17-21-31)37(48)40-26-27(2)35-42-36-33(46-25-14-24-41-46)34(38(3,4)5)43-47(36)44-35/h14,16-25,27,32,43,45H,6-13,15,26H2,1-5H3,(H,40,48). The van der Waals surface area contributed by atoms with E-state index in [9.17, 15) is 9.00 Å². The summed E-state index contributed by atoms with van der Waals surface area (Å²) in [5, 5.41) is 16.3. The summed E-state index contributed by atoms with van der Waals surface area (Å²) in [4.78, 5) is 18.5. The first-order valence-electron chi connectivity index (χ1n) is 18.2. The van der Waals surface area contributed by atoms with E-state index in [0.717, 1.165) is 30.6 Å². The largest absolute Gasteiger partial charge is 0.481 e. The number of H-pyrrole nitrogens is 1. The molecule has 0 aliphatic heterocycles. The number of amides is 1. The monoisotopic (exact) mass is 750 g/mol. The van der Waals surface area contributed by atoms with Gasteiger partial charge < -0.3 is 14.2 Å². The third-order valence-corrected chi connectivity index (χ3v) is 9.73. The summed E-state index contributed by atoms with van der Waals surface area (Å²) in [6.45, 7) is 10.9. The first kappa shape index (κ1) is 38.9. The zero-order valence-electron chi connectivity index (χ0n) is 30.7. The minimum Gasteiger partial charge on any atom is -0.481 e. The van der Waals surface area contributed by atoms with Gasteiger partial charge in [-0.2, -0.15) is 13.9 Å². The summed E-state index contributed by atoms with van der Waals surface area (Å²) in [7, 11) is 0. The van der Waals surface area contributed by atoms with E-state index in [1.807, 2.05) is 23.9 Å². The molecule has 0 radical (unpaired) electrons. The van der Waals surface area contributed by atoms with Gasteiger partial charge >= 0.3 is 11.3 Å². The first-order valence-corrected chi connectivity index (χ1v) is 19.6. The van der Waals surface area contributed by atoms with Gasteiger partial charge in [0.15, 0.2) is 11.9 Å². The number of halogens is 1. The molecule has 280 valence electrons. The van der Waals surface area contributed by atoms with E-state index in [1.54, 1.807) is 59.4 Å². The molecule has 3 heterocycles. The smallest absolute Gasteiger partial charge is 0.316 e. The summed E-state index contributed by atoms with van der Waals surface area (Å²) in [5.41, 5.74) is 2.90. The number of aromatic amines is 1. The van der Waals surface area contributed by atoms with Gasteiger partial charge in [-0.1, -0.05) is 91.2 Å². The maximum Gasteiger partial charge on any atom is 0.316 e. The normalized spacial score (nSPS) is 13.5. The summed E-state index contributed by atoms with van der Waals surface area (Å²) in [6.07, 6.45) is 12.8. The number of fused-ring (bicyclic) bond motifs is 1. The SMILES string of the molecule is CCCCCCCCCCC(Oc1ccc(NS(=O)Oc2ccc(Cl)cc2)cc1)C(=O)NCC(C)c1nc2c(-n3cccn3)c(C(C)(C)C)[nH]n2n1. The van der Waals surface area contributed by atoms with Crippen LogP contribution < -0.4 is 19.0 Å². The Balaban J connectivity index is 1.21. The van der Waals surface area contributed by atoms with Gasteiger partial charge in [0.05, 0.1) is 5.69 Å². The van der Waals surface area contributed by atoms with Crippen LogP contribution in [0.3, 0.4) is 0 Å². The Labute approximate surface area is 313 Å². The van der Waals surface area contributed by atoms with E-state index < -0.39 is 17.4 Å². The van der Waals surface area contributed by atoms with E-state index in [-0.39, 0.29) is 17.2 Å². The van der Waals surface area contributed by atoms with Crippen LogP contribution in [0.1, 0.15) is 110 Å². The van der Waals surface area contributed by atoms with Crippen molar-refractivity contribution in [3.05, 3.63) is 83.5 Å². The lowest BCUT2D eigenvalue weighted by atomic mass is 9.91. The molecule has 0 aliphatic rings. The number of nitrogens with zero attached hydrogens (tertiary/aromatic N) is 5. The van der Waals surface area contributed by atoms with Crippen LogP contribution in [-0.4, -0.2) is 52.4 Å². The Morgan fingerprint density at radius 3 is 2.31 bits per heavy atom. The number of aromatic nitrogens is 6. The average molecular weight is 751 g/mol. The minimum atomic E-state index is -1.82. The second-order valence-corrected chi connectivity index (χ2v) is 15.4. The molecule has 5 aromatic rings. The molecule has 12 nitrogen and oxygen atoms in total. The van der Waals surface area contributed by atoms with Crippen LogP contribution in [0, 0.1) is 0 Å². The molecular formula is C38H51ClN8O4S. The summed E-state index contributed by atoms with van der Waals surface area (Å²) in [6, 6.07) is 15.5. The number of hydrogen-bond donors (Lipinski definition) is 3.